The van der Waals surface area contributed by atoms with Gasteiger partial charge >= 0.3 is 0 Å². The second kappa shape index (κ2) is 8.06. The number of rotatable bonds is 7. The van der Waals surface area contributed by atoms with Gasteiger partial charge in [0.1, 0.15) is 0 Å². The summed E-state index contributed by atoms with van der Waals surface area (Å²) < 4.78 is 0. The fourth-order valence-electron chi connectivity index (χ4n) is 2.67. The smallest absolute Gasteiger partial charge is 0.0110 e. The summed E-state index contributed by atoms with van der Waals surface area (Å²) in [5, 5.41) is 0. The highest BCUT2D eigenvalue weighted by Gasteiger charge is 2.18. The normalized spacial score (nSPS) is 21.0. The zero-order chi connectivity index (χ0) is 12.7. The maximum Gasteiger partial charge on any atom is 0.0110 e. The van der Waals surface area contributed by atoms with E-state index in [-0.39, 0.29) is 0 Å². The molecule has 1 heterocycles. The standard InChI is InChI=1S/C14H31N3/c1-13(2)11-16-7-9-17(10-8-16)12-14(3)5-4-6-15/h13-14H,4-12,15H2,1-3H3. The van der Waals surface area contributed by atoms with Gasteiger partial charge in [0.15, 0.2) is 0 Å². The van der Waals surface area contributed by atoms with Crippen molar-refractivity contribution < 1.29 is 0 Å². The minimum Gasteiger partial charge on any atom is -0.330 e. The highest BCUT2D eigenvalue weighted by Crippen LogP contribution is 2.10. The van der Waals surface area contributed by atoms with Gasteiger partial charge in [-0.25, -0.2) is 0 Å². The van der Waals surface area contributed by atoms with Crippen molar-refractivity contribution in [2.45, 2.75) is 33.6 Å². The molecule has 1 aliphatic rings. The quantitative estimate of drug-likeness (QED) is 0.735. The lowest BCUT2D eigenvalue weighted by molar-refractivity contribution is 0.110. The summed E-state index contributed by atoms with van der Waals surface area (Å²) in [5.41, 5.74) is 5.55. The van der Waals surface area contributed by atoms with Crippen molar-refractivity contribution in [2.24, 2.45) is 17.6 Å². The summed E-state index contributed by atoms with van der Waals surface area (Å²) in [6, 6.07) is 0. The largest absolute Gasteiger partial charge is 0.330 e. The van der Waals surface area contributed by atoms with Gasteiger partial charge in [-0.3, -0.25) is 0 Å². The van der Waals surface area contributed by atoms with E-state index in [0.29, 0.717) is 0 Å². The summed E-state index contributed by atoms with van der Waals surface area (Å²) in [6.07, 6.45) is 2.46. The predicted molar refractivity (Wildman–Crippen MR) is 75.2 cm³/mol. The van der Waals surface area contributed by atoms with E-state index in [1.54, 1.807) is 0 Å². The topological polar surface area (TPSA) is 32.5 Å². The Kier molecular flexibility index (Phi) is 7.09. The van der Waals surface area contributed by atoms with E-state index >= 15 is 0 Å². The first-order chi connectivity index (χ1) is 8.11. The highest BCUT2D eigenvalue weighted by molar-refractivity contribution is 4.74. The van der Waals surface area contributed by atoms with E-state index in [1.807, 2.05) is 0 Å². The molecule has 0 spiro atoms. The number of piperazine rings is 1. The minimum atomic E-state index is 0.796. The molecule has 17 heavy (non-hydrogen) atoms. The van der Waals surface area contributed by atoms with Crippen LogP contribution in [-0.4, -0.2) is 55.6 Å². The molecule has 2 N–H and O–H groups in total. The lowest BCUT2D eigenvalue weighted by atomic mass is 10.0. The first-order valence-electron chi connectivity index (χ1n) is 7.26. The third kappa shape index (κ3) is 6.39. The van der Waals surface area contributed by atoms with Crippen LogP contribution in [0.5, 0.6) is 0 Å². The van der Waals surface area contributed by atoms with Gasteiger partial charge in [-0.15, -0.1) is 0 Å². The van der Waals surface area contributed by atoms with Crippen molar-refractivity contribution in [1.82, 2.24) is 9.80 Å². The van der Waals surface area contributed by atoms with E-state index < -0.39 is 0 Å². The van der Waals surface area contributed by atoms with E-state index in [2.05, 4.69) is 30.6 Å². The van der Waals surface area contributed by atoms with Crippen LogP contribution in [-0.2, 0) is 0 Å². The molecule has 0 radical (unpaired) electrons. The van der Waals surface area contributed by atoms with Crippen LogP contribution in [0.15, 0.2) is 0 Å². The summed E-state index contributed by atoms with van der Waals surface area (Å²) >= 11 is 0. The molecule has 1 unspecified atom stereocenters. The Morgan fingerprint density at radius 1 is 0.941 bits per heavy atom. The average Bonchev–Trinajstić information content (AvgIpc) is 2.28. The van der Waals surface area contributed by atoms with Crippen molar-refractivity contribution in [3.8, 4) is 0 Å². The molecule has 3 nitrogen and oxygen atoms in total. The molecular formula is C14H31N3. The molecule has 0 aromatic heterocycles. The van der Waals surface area contributed by atoms with Crippen LogP contribution in [0.4, 0.5) is 0 Å². The van der Waals surface area contributed by atoms with Crippen LogP contribution in [0.25, 0.3) is 0 Å². The van der Waals surface area contributed by atoms with Gasteiger partial charge in [0.2, 0.25) is 0 Å². The van der Waals surface area contributed by atoms with Gasteiger partial charge in [0.05, 0.1) is 0 Å². The van der Waals surface area contributed by atoms with Crippen LogP contribution in [0.1, 0.15) is 33.6 Å². The molecule has 102 valence electrons. The van der Waals surface area contributed by atoms with Crippen LogP contribution in [0.3, 0.4) is 0 Å². The Balaban J connectivity index is 2.14. The predicted octanol–water partition coefficient (Wildman–Crippen LogP) is 1.64. The SMILES string of the molecule is CC(C)CN1CCN(CC(C)CCCN)CC1. The Bertz CT molecular complexity index is 186. The lowest BCUT2D eigenvalue weighted by Gasteiger charge is -2.36. The van der Waals surface area contributed by atoms with Crippen LogP contribution >= 0.6 is 0 Å². The molecule has 0 bridgehead atoms. The summed E-state index contributed by atoms with van der Waals surface area (Å²) in [6.45, 7) is 15.3. The third-order valence-corrected chi connectivity index (χ3v) is 3.56. The van der Waals surface area contributed by atoms with E-state index in [4.69, 9.17) is 5.73 Å². The summed E-state index contributed by atoms with van der Waals surface area (Å²) in [7, 11) is 0. The second-order valence-corrected chi connectivity index (χ2v) is 6.03. The fourth-order valence-corrected chi connectivity index (χ4v) is 2.67. The van der Waals surface area contributed by atoms with Gasteiger partial charge in [0, 0.05) is 39.3 Å². The van der Waals surface area contributed by atoms with E-state index in [0.717, 1.165) is 18.4 Å². The molecule has 1 atom stereocenters. The minimum absolute atomic E-state index is 0.796. The number of hydrogen-bond donors (Lipinski definition) is 1. The molecule has 1 fully saturated rings. The number of nitrogens with two attached hydrogens (primary N) is 1. The van der Waals surface area contributed by atoms with E-state index in [9.17, 15) is 0 Å². The fraction of sp³-hybridized carbons (Fsp3) is 1.00. The van der Waals surface area contributed by atoms with Crippen LogP contribution in [0, 0.1) is 11.8 Å². The lowest BCUT2D eigenvalue weighted by Crippen LogP contribution is -2.48. The Morgan fingerprint density at radius 2 is 1.47 bits per heavy atom. The van der Waals surface area contributed by atoms with Gasteiger partial charge < -0.3 is 15.5 Å². The number of nitrogens with zero attached hydrogens (tertiary/aromatic N) is 2. The Hall–Kier alpha value is -0.120. The molecular weight excluding hydrogens is 210 g/mol. The van der Waals surface area contributed by atoms with Crippen LogP contribution < -0.4 is 5.73 Å². The molecule has 1 aliphatic heterocycles. The molecule has 1 rings (SSSR count). The molecule has 0 amide bonds. The highest BCUT2D eigenvalue weighted by atomic mass is 15.3. The van der Waals surface area contributed by atoms with Crippen molar-refractivity contribution in [3.05, 3.63) is 0 Å². The van der Waals surface area contributed by atoms with Gasteiger partial charge in [-0.2, -0.15) is 0 Å². The molecule has 0 saturated carbocycles. The molecule has 3 heteroatoms. The summed E-state index contributed by atoms with van der Waals surface area (Å²) in [4.78, 5) is 5.23. The first kappa shape index (κ1) is 14.9. The van der Waals surface area contributed by atoms with Gasteiger partial charge in [-0.05, 0) is 31.2 Å². The zero-order valence-electron chi connectivity index (χ0n) is 12.0. The molecule has 1 saturated heterocycles. The molecule has 0 aromatic carbocycles. The Labute approximate surface area is 107 Å². The van der Waals surface area contributed by atoms with Crippen molar-refractivity contribution >= 4 is 0 Å². The monoisotopic (exact) mass is 241 g/mol. The third-order valence-electron chi connectivity index (χ3n) is 3.56. The maximum absolute atomic E-state index is 5.55. The number of hydrogen-bond acceptors (Lipinski definition) is 3. The van der Waals surface area contributed by atoms with E-state index in [1.165, 1.54) is 52.1 Å². The Morgan fingerprint density at radius 3 is 1.94 bits per heavy atom. The van der Waals surface area contributed by atoms with Crippen LogP contribution in [0.2, 0.25) is 0 Å². The van der Waals surface area contributed by atoms with Crippen molar-refractivity contribution in [1.29, 1.82) is 0 Å². The van der Waals surface area contributed by atoms with Gasteiger partial charge in [-0.1, -0.05) is 20.8 Å². The molecule has 0 aromatic rings. The average molecular weight is 241 g/mol. The van der Waals surface area contributed by atoms with Crippen molar-refractivity contribution in [3.63, 3.8) is 0 Å². The maximum atomic E-state index is 5.55. The van der Waals surface area contributed by atoms with Gasteiger partial charge in [0.25, 0.3) is 0 Å². The summed E-state index contributed by atoms with van der Waals surface area (Å²) in [5.74, 6) is 1.60. The first-order valence-corrected chi connectivity index (χ1v) is 7.26. The zero-order valence-corrected chi connectivity index (χ0v) is 12.0. The molecule has 0 aliphatic carbocycles. The van der Waals surface area contributed by atoms with Crippen molar-refractivity contribution in [2.75, 3.05) is 45.8 Å². The second-order valence-electron chi connectivity index (χ2n) is 6.03.